The van der Waals surface area contributed by atoms with Crippen LogP contribution in [0.3, 0.4) is 0 Å². The Labute approximate surface area is 120 Å². The van der Waals surface area contributed by atoms with Gasteiger partial charge in [0.1, 0.15) is 0 Å². The van der Waals surface area contributed by atoms with E-state index in [2.05, 4.69) is 24.1 Å². The molecule has 1 fully saturated rings. The summed E-state index contributed by atoms with van der Waals surface area (Å²) in [6.45, 7) is 5.58. The van der Waals surface area contributed by atoms with Crippen LogP contribution in [0.1, 0.15) is 46.0 Å². The van der Waals surface area contributed by atoms with E-state index in [1.165, 1.54) is 6.42 Å². The average molecular weight is 278 g/mol. The van der Waals surface area contributed by atoms with Gasteiger partial charge in [-0.3, -0.25) is 4.79 Å². The Balaban J connectivity index is 2.23. The summed E-state index contributed by atoms with van der Waals surface area (Å²) in [4.78, 5) is 16.6. The van der Waals surface area contributed by atoms with Gasteiger partial charge >= 0.3 is 0 Å². The van der Waals surface area contributed by atoms with Crippen molar-refractivity contribution < 1.29 is 0 Å². The highest BCUT2D eigenvalue weighted by Gasteiger charge is 2.34. The summed E-state index contributed by atoms with van der Waals surface area (Å²) in [6, 6.07) is 0. The largest absolute Gasteiger partial charge is 0.359 e. The van der Waals surface area contributed by atoms with Gasteiger partial charge in [0.15, 0.2) is 5.82 Å². The quantitative estimate of drug-likeness (QED) is 0.863. The molecule has 2 rings (SSSR count). The lowest BCUT2D eigenvalue weighted by molar-refractivity contribution is 0.263. The smallest absolute Gasteiger partial charge is 0.293 e. The molecule has 0 amide bonds. The molecule has 20 heavy (non-hydrogen) atoms. The summed E-state index contributed by atoms with van der Waals surface area (Å²) in [5.74, 6) is 1.09. The maximum atomic E-state index is 12.4. The van der Waals surface area contributed by atoms with Crippen LogP contribution in [0.15, 0.2) is 17.2 Å². The van der Waals surface area contributed by atoms with Crippen molar-refractivity contribution in [3.05, 3.63) is 22.7 Å². The van der Waals surface area contributed by atoms with Crippen LogP contribution in [-0.4, -0.2) is 21.6 Å². The van der Waals surface area contributed by atoms with E-state index in [4.69, 9.17) is 5.73 Å². The standard InChI is InChI=1S/C15H26N4O/c1-3-8-19-9-7-17-13(14(19)20)18-15(11-16)6-4-5-12(2)10-15/h7,9,12H,3-6,8,10-11,16H2,1-2H3,(H,17,18). The average Bonchev–Trinajstić information content (AvgIpc) is 2.43. The number of nitrogens with one attached hydrogen (secondary N) is 1. The number of nitrogens with zero attached hydrogens (tertiary/aromatic N) is 2. The van der Waals surface area contributed by atoms with Gasteiger partial charge in [-0.25, -0.2) is 4.98 Å². The maximum Gasteiger partial charge on any atom is 0.293 e. The van der Waals surface area contributed by atoms with E-state index in [0.29, 0.717) is 18.3 Å². The lowest BCUT2D eigenvalue weighted by Crippen LogP contribution is -2.50. The van der Waals surface area contributed by atoms with Crippen LogP contribution in [0.4, 0.5) is 5.82 Å². The molecule has 1 aliphatic carbocycles. The molecule has 1 heterocycles. The Hall–Kier alpha value is -1.36. The zero-order chi connectivity index (χ0) is 14.6. The summed E-state index contributed by atoms with van der Waals surface area (Å²) in [6.07, 6.45) is 8.78. The number of hydrogen-bond donors (Lipinski definition) is 2. The summed E-state index contributed by atoms with van der Waals surface area (Å²) < 4.78 is 1.71. The van der Waals surface area contributed by atoms with E-state index in [9.17, 15) is 4.79 Å². The van der Waals surface area contributed by atoms with E-state index in [1.54, 1.807) is 17.0 Å². The fraction of sp³-hybridized carbons (Fsp3) is 0.733. The first-order chi connectivity index (χ1) is 9.60. The van der Waals surface area contributed by atoms with Gasteiger partial charge in [-0.05, 0) is 25.2 Å². The van der Waals surface area contributed by atoms with Crippen LogP contribution < -0.4 is 16.6 Å². The SMILES string of the molecule is CCCn1ccnc(NC2(CN)CCCC(C)C2)c1=O. The van der Waals surface area contributed by atoms with E-state index >= 15 is 0 Å². The highest BCUT2D eigenvalue weighted by Crippen LogP contribution is 2.33. The molecule has 1 aliphatic rings. The second-order valence-corrected chi connectivity index (χ2v) is 6.09. The Morgan fingerprint density at radius 2 is 2.40 bits per heavy atom. The molecule has 0 radical (unpaired) electrons. The molecule has 2 unspecified atom stereocenters. The highest BCUT2D eigenvalue weighted by atomic mass is 16.1. The van der Waals surface area contributed by atoms with Crippen LogP contribution in [0.5, 0.6) is 0 Å². The molecule has 0 bridgehead atoms. The third-order valence-corrected chi connectivity index (χ3v) is 4.24. The minimum atomic E-state index is -0.171. The highest BCUT2D eigenvalue weighted by molar-refractivity contribution is 5.35. The van der Waals surface area contributed by atoms with Crippen LogP contribution in [-0.2, 0) is 6.54 Å². The van der Waals surface area contributed by atoms with Crippen molar-refractivity contribution in [1.82, 2.24) is 9.55 Å². The molecule has 5 nitrogen and oxygen atoms in total. The second-order valence-electron chi connectivity index (χ2n) is 6.09. The predicted octanol–water partition coefficient (Wildman–Crippen LogP) is 1.97. The number of nitrogens with two attached hydrogens (primary N) is 1. The summed E-state index contributed by atoms with van der Waals surface area (Å²) >= 11 is 0. The lowest BCUT2D eigenvalue weighted by atomic mass is 9.76. The van der Waals surface area contributed by atoms with Crippen LogP contribution in [0.2, 0.25) is 0 Å². The first-order valence-electron chi connectivity index (χ1n) is 7.64. The van der Waals surface area contributed by atoms with Crippen LogP contribution in [0.25, 0.3) is 0 Å². The third-order valence-electron chi connectivity index (χ3n) is 4.24. The normalized spacial score (nSPS) is 26.4. The van der Waals surface area contributed by atoms with Crippen molar-refractivity contribution in [2.45, 2.75) is 58.0 Å². The van der Waals surface area contributed by atoms with Gasteiger partial charge in [0.25, 0.3) is 5.56 Å². The molecule has 5 heteroatoms. The van der Waals surface area contributed by atoms with E-state index in [-0.39, 0.29) is 11.1 Å². The Morgan fingerprint density at radius 3 is 3.05 bits per heavy atom. The minimum absolute atomic E-state index is 0.0413. The zero-order valence-electron chi connectivity index (χ0n) is 12.6. The topological polar surface area (TPSA) is 72.9 Å². The van der Waals surface area contributed by atoms with Gasteiger partial charge in [0.05, 0.1) is 5.54 Å². The Kier molecular flexibility index (Phi) is 4.81. The fourth-order valence-electron chi connectivity index (χ4n) is 3.21. The van der Waals surface area contributed by atoms with Gasteiger partial charge in [0.2, 0.25) is 0 Å². The van der Waals surface area contributed by atoms with Crippen molar-refractivity contribution in [3.8, 4) is 0 Å². The maximum absolute atomic E-state index is 12.4. The Morgan fingerprint density at radius 1 is 1.60 bits per heavy atom. The number of aryl methyl sites for hydroxylation is 1. The monoisotopic (exact) mass is 278 g/mol. The van der Waals surface area contributed by atoms with Gasteiger partial charge in [-0.1, -0.05) is 26.7 Å². The van der Waals surface area contributed by atoms with Crippen LogP contribution in [0, 0.1) is 5.92 Å². The molecular weight excluding hydrogens is 252 g/mol. The molecule has 0 aliphatic heterocycles. The van der Waals surface area contributed by atoms with E-state index in [0.717, 1.165) is 32.2 Å². The molecular formula is C15H26N4O. The summed E-state index contributed by atoms with van der Waals surface area (Å²) in [5.41, 5.74) is 5.78. The molecule has 2 atom stereocenters. The number of anilines is 1. The van der Waals surface area contributed by atoms with Crippen LogP contribution >= 0.6 is 0 Å². The number of aromatic nitrogens is 2. The van der Waals surface area contributed by atoms with Crippen molar-refractivity contribution >= 4 is 5.82 Å². The summed E-state index contributed by atoms with van der Waals surface area (Å²) in [7, 11) is 0. The predicted molar refractivity (Wildman–Crippen MR) is 81.8 cm³/mol. The van der Waals surface area contributed by atoms with Crippen molar-refractivity contribution in [2.24, 2.45) is 11.7 Å². The molecule has 1 aromatic heterocycles. The first kappa shape index (κ1) is 15.0. The van der Waals surface area contributed by atoms with Crippen molar-refractivity contribution in [2.75, 3.05) is 11.9 Å². The second kappa shape index (κ2) is 6.39. The lowest BCUT2D eigenvalue weighted by Gasteiger charge is -2.40. The van der Waals surface area contributed by atoms with Crippen molar-refractivity contribution in [3.63, 3.8) is 0 Å². The van der Waals surface area contributed by atoms with E-state index < -0.39 is 0 Å². The fourth-order valence-corrected chi connectivity index (χ4v) is 3.21. The van der Waals surface area contributed by atoms with Gasteiger partial charge in [0, 0.05) is 25.5 Å². The van der Waals surface area contributed by atoms with Gasteiger partial charge < -0.3 is 15.6 Å². The molecule has 1 saturated carbocycles. The molecule has 0 aromatic carbocycles. The molecule has 112 valence electrons. The van der Waals surface area contributed by atoms with Crippen molar-refractivity contribution in [1.29, 1.82) is 0 Å². The first-order valence-corrected chi connectivity index (χ1v) is 7.64. The molecule has 1 aromatic rings. The number of rotatable bonds is 5. The van der Waals surface area contributed by atoms with E-state index in [1.807, 2.05) is 0 Å². The zero-order valence-corrected chi connectivity index (χ0v) is 12.6. The minimum Gasteiger partial charge on any atom is -0.359 e. The molecule has 0 saturated heterocycles. The third kappa shape index (κ3) is 3.20. The summed E-state index contributed by atoms with van der Waals surface area (Å²) in [5, 5.41) is 3.37. The number of hydrogen-bond acceptors (Lipinski definition) is 4. The Bertz CT molecular complexity index is 499. The molecule has 0 spiro atoms. The van der Waals surface area contributed by atoms with Gasteiger partial charge in [-0.2, -0.15) is 0 Å². The molecule has 3 N–H and O–H groups in total. The van der Waals surface area contributed by atoms with Gasteiger partial charge in [-0.15, -0.1) is 0 Å².